The monoisotopic (exact) mass is 374 g/mol. The lowest BCUT2D eigenvalue weighted by molar-refractivity contribution is -0.122. The molecule has 2 aliphatic rings. The zero-order valence-corrected chi connectivity index (χ0v) is 17.0. The average Bonchev–Trinajstić information content (AvgIpc) is 3.24. The standard InChI is InChI=1S/C21H34N4O2/c1-17(2)8-13-25-14-10-21(11-15-25)9-6-19(27-21)16-22-20(26)5-4-18-7-12-23-24(18)3/h7-8,12,19H,4-6,9-11,13-16H2,1-3H3,(H,22,26)/t19-/m0/s1. The molecule has 27 heavy (non-hydrogen) atoms. The zero-order chi connectivity index (χ0) is 19.3. The van der Waals surface area contributed by atoms with Crippen molar-refractivity contribution in [2.75, 3.05) is 26.2 Å². The van der Waals surface area contributed by atoms with E-state index in [0.29, 0.717) is 13.0 Å². The highest BCUT2D eigenvalue weighted by Crippen LogP contribution is 2.38. The molecule has 150 valence electrons. The average molecular weight is 375 g/mol. The summed E-state index contributed by atoms with van der Waals surface area (Å²) in [5.41, 5.74) is 2.51. The molecule has 6 nitrogen and oxygen atoms in total. The Hall–Kier alpha value is -1.66. The Bertz CT molecular complexity index is 655. The van der Waals surface area contributed by atoms with Crippen LogP contribution in [-0.2, 0) is 23.0 Å². The first-order valence-corrected chi connectivity index (χ1v) is 10.2. The molecule has 0 aliphatic carbocycles. The SMILES string of the molecule is CC(C)=CCN1CCC2(CC[C@@H](CNC(=O)CCc3ccnn3C)O2)CC1. The summed E-state index contributed by atoms with van der Waals surface area (Å²) in [6.45, 7) is 8.20. The number of hydrogen-bond acceptors (Lipinski definition) is 4. The number of carbonyl (C=O) groups is 1. The van der Waals surface area contributed by atoms with Gasteiger partial charge in [0.05, 0.1) is 11.7 Å². The van der Waals surface area contributed by atoms with Gasteiger partial charge >= 0.3 is 0 Å². The van der Waals surface area contributed by atoms with Gasteiger partial charge in [-0.1, -0.05) is 11.6 Å². The van der Waals surface area contributed by atoms with Gasteiger partial charge in [0.25, 0.3) is 0 Å². The van der Waals surface area contributed by atoms with Crippen LogP contribution in [-0.4, -0.2) is 58.5 Å². The number of aryl methyl sites for hydroxylation is 2. The molecule has 0 unspecified atom stereocenters. The number of allylic oxidation sites excluding steroid dienone is 1. The van der Waals surface area contributed by atoms with E-state index in [1.54, 1.807) is 6.20 Å². The van der Waals surface area contributed by atoms with Gasteiger partial charge in [0.15, 0.2) is 0 Å². The van der Waals surface area contributed by atoms with E-state index < -0.39 is 0 Å². The van der Waals surface area contributed by atoms with Crippen LogP contribution in [0.25, 0.3) is 0 Å². The lowest BCUT2D eigenvalue weighted by Crippen LogP contribution is -2.45. The van der Waals surface area contributed by atoms with Gasteiger partial charge in [-0.25, -0.2) is 0 Å². The van der Waals surface area contributed by atoms with Gasteiger partial charge in [0.2, 0.25) is 5.91 Å². The zero-order valence-electron chi connectivity index (χ0n) is 17.0. The maximum atomic E-state index is 12.1. The number of hydrogen-bond donors (Lipinski definition) is 1. The minimum Gasteiger partial charge on any atom is -0.370 e. The first-order valence-electron chi connectivity index (χ1n) is 10.2. The first-order chi connectivity index (χ1) is 13.0. The summed E-state index contributed by atoms with van der Waals surface area (Å²) in [5, 5.41) is 7.19. The Morgan fingerprint density at radius 3 is 2.81 bits per heavy atom. The summed E-state index contributed by atoms with van der Waals surface area (Å²) in [6.07, 6.45) is 9.84. The molecule has 0 saturated carbocycles. The van der Waals surface area contributed by atoms with Gasteiger partial charge in [-0.05, 0) is 52.0 Å². The Balaban J connectivity index is 1.35. The van der Waals surface area contributed by atoms with Gasteiger partial charge in [0.1, 0.15) is 0 Å². The second kappa shape index (κ2) is 9.02. The number of piperidine rings is 1. The largest absolute Gasteiger partial charge is 0.370 e. The number of nitrogens with zero attached hydrogens (tertiary/aromatic N) is 3. The Kier molecular flexibility index (Phi) is 6.71. The summed E-state index contributed by atoms with van der Waals surface area (Å²) in [5.74, 6) is 0.0947. The molecular weight excluding hydrogens is 340 g/mol. The molecule has 1 spiro atoms. The minimum absolute atomic E-state index is 0.0472. The van der Waals surface area contributed by atoms with E-state index in [1.165, 1.54) is 5.57 Å². The Morgan fingerprint density at radius 1 is 1.37 bits per heavy atom. The van der Waals surface area contributed by atoms with Crippen LogP contribution < -0.4 is 5.32 Å². The molecule has 2 aliphatic heterocycles. The van der Waals surface area contributed by atoms with E-state index in [0.717, 1.165) is 57.4 Å². The molecule has 1 aromatic rings. The molecule has 0 radical (unpaired) electrons. The van der Waals surface area contributed by atoms with Crippen LogP contribution in [0.4, 0.5) is 0 Å². The molecule has 2 saturated heterocycles. The van der Waals surface area contributed by atoms with Crippen molar-refractivity contribution >= 4 is 5.91 Å². The highest BCUT2D eigenvalue weighted by atomic mass is 16.5. The third kappa shape index (κ3) is 5.66. The number of nitrogens with one attached hydrogen (secondary N) is 1. The van der Waals surface area contributed by atoms with Gasteiger partial charge in [-0.2, -0.15) is 5.10 Å². The lowest BCUT2D eigenvalue weighted by atomic mass is 9.88. The molecule has 1 atom stereocenters. The predicted octanol–water partition coefficient (Wildman–Crippen LogP) is 2.45. The van der Waals surface area contributed by atoms with Crippen LogP contribution in [0.2, 0.25) is 0 Å². The van der Waals surface area contributed by atoms with Crippen LogP contribution in [0.5, 0.6) is 0 Å². The normalized spacial score (nSPS) is 22.1. The van der Waals surface area contributed by atoms with Crippen molar-refractivity contribution in [2.24, 2.45) is 7.05 Å². The van der Waals surface area contributed by atoms with Crippen molar-refractivity contribution in [2.45, 2.75) is 64.1 Å². The van der Waals surface area contributed by atoms with Gasteiger partial charge in [-0.3, -0.25) is 14.4 Å². The van der Waals surface area contributed by atoms with Crippen molar-refractivity contribution in [3.63, 3.8) is 0 Å². The van der Waals surface area contributed by atoms with Crippen LogP contribution in [0, 0.1) is 0 Å². The summed E-state index contributed by atoms with van der Waals surface area (Å²) in [4.78, 5) is 14.6. The number of rotatable bonds is 7. The van der Waals surface area contributed by atoms with Gasteiger partial charge in [0, 0.05) is 51.5 Å². The minimum atomic E-state index is 0.0472. The molecule has 3 heterocycles. The quantitative estimate of drug-likeness (QED) is 0.745. The van der Waals surface area contributed by atoms with Gasteiger partial charge in [-0.15, -0.1) is 0 Å². The first kappa shape index (κ1) is 20.1. The van der Waals surface area contributed by atoms with E-state index >= 15 is 0 Å². The Labute approximate surface area is 162 Å². The van der Waals surface area contributed by atoms with E-state index in [9.17, 15) is 4.79 Å². The highest BCUT2D eigenvalue weighted by Gasteiger charge is 2.42. The fourth-order valence-corrected chi connectivity index (χ4v) is 4.07. The van der Waals surface area contributed by atoms with E-state index in [1.807, 2.05) is 17.8 Å². The van der Waals surface area contributed by atoms with Gasteiger partial charge < -0.3 is 10.1 Å². The molecular formula is C21H34N4O2. The Morgan fingerprint density at radius 2 is 2.15 bits per heavy atom. The summed E-state index contributed by atoms with van der Waals surface area (Å²) in [6, 6.07) is 1.96. The van der Waals surface area contributed by atoms with E-state index in [4.69, 9.17) is 4.74 Å². The van der Waals surface area contributed by atoms with Crippen molar-refractivity contribution in [3.8, 4) is 0 Å². The summed E-state index contributed by atoms with van der Waals surface area (Å²) in [7, 11) is 1.91. The molecule has 1 aromatic heterocycles. The molecule has 0 aromatic carbocycles. The summed E-state index contributed by atoms with van der Waals surface area (Å²) < 4.78 is 8.23. The molecule has 0 bridgehead atoms. The number of carbonyl (C=O) groups excluding carboxylic acids is 1. The van der Waals surface area contributed by atoms with Crippen LogP contribution in [0.3, 0.4) is 0 Å². The molecule has 3 rings (SSSR count). The van der Waals surface area contributed by atoms with Crippen molar-refractivity contribution in [1.82, 2.24) is 20.0 Å². The number of likely N-dealkylation sites (tertiary alicyclic amines) is 1. The fraction of sp³-hybridized carbons (Fsp3) is 0.714. The maximum Gasteiger partial charge on any atom is 0.220 e. The topological polar surface area (TPSA) is 59.4 Å². The second-order valence-corrected chi connectivity index (χ2v) is 8.29. The van der Waals surface area contributed by atoms with Crippen LogP contribution >= 0.6 is 0 Å². The van der Waals surface area contributed by atoms with Crippen molar-refractivity contribution in [3.05, 3.63) is 29.6 Å². The highest BCUT2D eigenvalue weighted by molar-refractivity contribution is 5.76. The molecule has 2 fully saturated rings. The predicted molar refractivity (Wildman–Crippen MR) is 106 cm³/mol. The fourth-order valence-electron chi connectivity index (χ4n) is 4.07. The third-order valence-corrected chi connectivity index (χ3v) is 5.92. The maximum absolute atomic E-state index is 12.1. The van der Waals surface area contributed by atoms with Crippen LogP contribution in [0.1, 0.15) is 51.6 Å². The molecule has 6 heteroatoms. The lowest BCUT2D eigenvalue weighted by Gasteiger charge is -2.39. The number of ether oxygens (including phenoxy) is 1. The molecule has 1 N–H and O–H groups in total. The van der Waals surface area contributed by atoms with Crippen LogP contribution in [0.15, 0.2) is 23.9 Å². The smallest absolute Gasteiger partial charge is 0.220 e. The molecule has 1 amide bonds. The second-order valence-electron chi connectivity index (χ2n) is 8.29. The van der Waals surface area contributed by atoms with E-state index in [-0.39, 0.29) is 17.6 Å². The van der Waals surface area contributed by atoms with E-state index in [2.05, 4.69) is 35.2 Å². The number of amides is 1. The summed E-state index contributed by atoms with van der Waals surface area (Å²) >= 11 is 0. The third-order valence-electron chi connectivity index (χ3n) is 5.92. The van der Waals surface area contributed by atoms with Crippen molar-refractivity contribution < 1.29 is 9.53 Å². The number of aromatic nitrogens is 2. The van der Waals surface area contributed by atoms with Crippen molar-refractivity contribution in [1.29, 1.82) is 0 Å².